The summed E-state index contributed by atoms with van der Waals surface area (Å²) in [5, 5.41) is 21.6. The first-order valence-corrected chi connectivity index (χ1v) is 10.7. The van der Waals surface area contributed by atoms with Gasteiger partial charge in [0.2, 0.25) is 0 Å². The second kappa shape index (κ2) is 11.6. The lowest BCUT2D eigenvalue weighted by Gasteiger charge is -2.27. The van der Waals surface area contributed by atoms with Crippen molar-refractivity contribution in [3.05, 3.63) is 72.9 Å². The molecular weight excluding hydrogens is 484 g/mol. The van der Waals surface area contributed by atoms with Crippen molar-refractivity contribution in [2.45, 2.75) is 45.1 Å². The number of hydrogen-bond donors (Lipinski definition) is 1. The van der Waals surface area contributed by atoms with Crippen molar-refractivity contribution in [2.24, 2.45) is 5.92 Å². The topological polar surface area (TPSA) is 72.6 Å². The monoisotopic (exact) mass is 505 g/mol. The first kappa shape index (κ1) is 24.5. The summed E-state index contributed by atoms with van der Waals surface area (Å²) < 4.78 is 31.1. The average Bonchev–Trinajstić information content (AvgIpc) is 2.64. The van der Waals surface area contributed by atoms with Gasteiger partial charge in [-0.3, -0.25) is 10.1 Å². The summed E-state index contributed by atoms with van der Waals surface area (Å²) >= 11 is 9.59. The minimum atomic E-state index is -3.00. The number of halogens is 4. The Morgan fingerprint density at radius 1 is 1.33 bits per heavy atom. The molecule has 1 N–H and O–H groups in total. The number of ether oxygens (including phenoxy) is 1. The smallest absolute Gasteiger partial charge is 0.387 e. The molecule has 0 saturated carbocycles. The van der Waals surface area contributed by atoms with Gasteiger partial charge in [-0.25, -0.2) is 0 Å². The molecule has 0 bridgehead atoms. The van der Waals surface area contributed by atoms with Crippen LogP contribution < -0.4 is 4.74 Å². The third-order valence-corrected chi connectivity index (χ3v) is 5.91. The Balaban J connectivity index is 2.44. The zero-order valence-electron chi connectivity index (χ0n) is 16.4. The van der Waals surface area contributed by atoms with Crippen molar-refractivity contribution in [1.82, 2.24) is 0 Å². The molecule has 2 atom stereocenters. The number of hydrogen-bond acceptors (Lipinski definition) is 4. The first-order chi connectivity index (χ1) is 14.2. The lowest BCUT2D eigenvalue weighted by molar-refractivity contribution is -0.421. The van der Waals surface area contributed by atoms with E-state index in [0.29, 0.717) is 33.5 Å². The third-order valence-electron chi connectivity index (χ3n) is 4.95. The van der Waals surface area contributed by atoms with Crippen LogP contribution in [0.1, 0.15) is 44.1 Å². The Kier molecular flexibility index (Phi) is 9.45. The van der Waals surface area contributed by atoms with Gasteiger partial charge in [0.05, 0.1) is 4.92 Å². The molecule has 1 aromatic carbocycles. The fourth-order valence-electron chi connectivity index (χ4n) is 3.64. The quantitative estimate of drug-likeness (QED) is 0.305. The highest BCUT2D eigenvalue weighted by Crippen LogP contribution is 2.42. The van der Waals surface area contributed by atoms with Crippen LogP contribution in [0.25, 0.3) is 0 Å². The number of allylic oxidation sites excluding steroid dienone is 5. The molecule has 2 rings (SSSR count). The summed E-state index contributed by atoms with van der Waals surface area (Å²) in [5.74, 6) is -0.616. The predicted octanol–water partition coefficient (Wildman–Crippen LogP) is 6.55. The fraction of sp³-hybridized carbons (Fsp3) is 0.429. The van der Waals surface area contributed by atoms with E-state index in [9.17, 15) is 24.0 Å². The minimum Gasteiger partial charge on any atom is -0.434 e. The standard InChI is InChI=1S/C21H23BrClF2NO4/c1-13(11-14-12-15(23)5-2-3-7-18(14)26(28)29)16(9-10-27)20-17(22)6-4-8-19(20)30-21(24)25/h4-8,12-13,16,21,27H,2-3,9-11H2,1H3/b14-12-,15-5-,18-7+/t13-,16+/m0/s1. The number of aliphatic hydroxyl groups is 1. The maximum absolute atomic E-state index is 12.9. The van der Waals surface area contributed by atoms with Crippen molar-refractivity contribution >= 4 is 27.5 Å². The lowest BCUT2D eigenvalue weighted by Crippen LogP contribution is -2.17. The molecule has 0 spiro atoms. The lowest BCUT2D eigenvalue weighted by atomic mass is 9.80. The van der Waals surface area contributed by atoms with Crippen LogP contribution in [0.2, 0.25) is 0 Å². The summed E-state index contributed by atoms with van der Waals surface area (Å²) in [5.41, 5.74) is 0.950. The number of alkyl halides is 2. The van der Waals surface area contributed by atoms with E-state index in [1.54, 1.807) is 30.4 Å². The van der Waals surface area contributed by atoms with E-state index in [1.165, 1.54) is 6.07 Å². The maximum atomic E-state index is 12.9. The maximum Gasteiger partial charge on any atom is 0.387 e. The van der Waals surface area contributed by atoms with Crippen molar-refractivity contribution < 1.29 is 23.5 Å². The molecule has 0 saturated heterocycles. The van der Waals surface area contributed by atoms with E-state index >= 15 is 0 Å². The summed E-state index contributed by atoms with van der Waals surface area (Å²) in [7, 11) is 0. The second-order valence-corrected chi connectivity index (χ2v) is 8.30. The van der Waals surface area contributed by atoms with Gasteiger partial charge >= 0.3 is 6.61 Å². The van der Waals surface area contributed by atoms with Crippen molar-refractivity contribution in [1.29, 1.82) is 0 Å². The van der Waals surface area contributed by atoms with Gasteiger partial charge in [-0.15, -0.1) is 0 Å². The van der Waals surface area contributed by atoms with Gasteiger partial charge in [-0.2, -0.15) is 8.78 Å². The van der Waals surface area contributed by atoms with Crippen LogP contribution >= 0.6 is 27.5 Å². The van der Waals surface area contributed by atoms with Crippen LogP contribution in [0.4, 0.5) is 8.78 Å². The fourth-order valence-corrected chi connectivity index (χ4v) is 4.53. The molecular formula is C21H23BrClF2NO4. The first-order valence-electron chi connectivity index (χ1n) is 9.49. The van der Waals surface area contributed by atoms with E-state index in [1.807, 2.05) is 6.92 Å². The van der Waals surface area contributed by atoms with Crippen LogP contribution in [0, 0.1) is 16.0 Å². The van der Waals surface area contributed by atoms with E-state index in [4.69, 9.17) is 16.3 Å². The molecule has 0 fully saturated rings. The highest BCUT2D eigenvalue weighted by atomic mass is 79.9. The average molecular weight is 507 g/mol. The normalized spacial score (nSPS) is 21.9. The Hall–Kier alpha value is -1.77. The molecule has 0 aromatic heterocycles. The molecule has 9 heteroatoms. The van der Waals surface area contributed by atoms with Crippen molar-refractivity contribution in [3.63, 3.8) is 0 Å². The third kappa shape index (κ3) is 6.62. The molecule has 1 aliphatic carbocycles. The minimum absolute atomic E-state index is 0.00738. The molecule has 164 valence electrons. The highest BCUT2D eigenvalue weighted by Gasteiger charge is 2.29. The van der Waals surface area contributed by atoms with Gasteiger partial charge in [-0.05, 0) is 61.8 Å². The number of nitro groups is 1. The van der Waals surface area contributed by atoms with Gasteiger partial charge in [0.15, 0.2) is 0 Å². The molecule has 1 aromatic rings. The number of rotatable bonds is 9. The van der Waals surface area contributed by atoms with E-state index in [0.717, 1.165) is 0 Å². The van der Waals surface area contributed by atoms with Gasteiger partial charge in [0.1, 0.15) is 5.75 Å². The van der Waals surface area contributed by atoms with Crippen LogP contribution in [0.15, 0.2) is 57.2 Å². The molecule has 0 unspecified atom stereocenters. The van der Waals surface area contributed by atoms with E-state index < -0.39 is 11.5 Å². The van der Waals surface area contributed by atoms with E-state index in [-0.39, 0.29) is 42.7 Å². The van der Waals surface area contributed by atoms with Gasteiger partial charge in [0.25, 0.3) is 5.70 Å². The molecule has 0 radical (unpaired) electrons. The number of nitrogens with zero attached hydrogens (tertiary/aromatic N) is 1. The molecule has 0 heterocycles. The zero-order chi connectivity index (χ0) is 22.3. The molecule has 5 nitrogen and oxygen atoms in total. The summed E-state index contributed by atoms with van der Waals surface area (Å²) in [6.07, 6.45) is 6.60. The highest BCUT2D eigenvalue weighted by molar-refractivity contribution is 9.10. The Labute approximate surface area is 187 Å². The SMILES string of the molecule is C[C@@H](CC1=C/C(Cl)=C/CC/C=C\1[N+](=O)[O-])[C@@H](CCO)c1c(Br)cccc1OC(F)F. The Morgan fingerprint density at radius 2 is 2.03 bits per heavy atom. The molecule has 0 aliphatic heterocycles. The largest absolute Gasteiger partial charge is 0.434 e. The van der Waals surface area contributed by atoms with Crippen LogP contribution in [-0.2, 0) is 0 Å². The molecule has 30 heavy (non-hydrogen) atoms. The van der Waals surface area contributed by atoms with Crippen LogP contribution in [0.5, 0.6) is 5.75 Å². The number of aliphatic hydroxyl groups excluding tert-OH is 1. The van der Waals surface area contributed by atoms with Gasteiger partial charge < -0.3 is 9.84 Å². The molecule has 0 amide bonds. The van der Waals surface area contributed by atoms with E-state index in [2.05, 4.69) is 15.9 Å². The van der Waals surface area contributed by atoms with Crippen molar-refractivity contribution in [3.8, 4) is 5.75 Å². The second-order valence-electron chi connectivity index (χ2n) is 7.01. The van der Waals surface area contributed by atoms with Crippen LogP contribution in [0.3, 0.4) is 0 Å². The summed E-state index contributed by atoms with van der Waals surface area (Å²) in [4.78, 5) is 11.2. The summed E-state index contributed by atoms with van der Waals surface area (Å²) in [6, 6.07) is 4.74. The zero-order valence-corrected chi connectivity index (χ0v) is 18.7. The van der Waals surface area contributed by atoms with Crippen molar-refractivity contribution in [2.75, 3.05) is 6.61 Å². The van der Waals surface area contributed by atoms with Gasteiger partial charge in [-0.1, -0.05) is 46.6 Å². The van der Waals surface area contributed by atoms with Gasteiger partial charge in [0, 0.05) is 27.2 Å². The predicted molar refractivity (Wildman–Crippen MR) is 115 cm³/mol. The van der Waals surface area contributed by atoms with Crippen LogP contribution in [-0.4, -0.2) is 23.2 Å². The molecule has 1 aliphatic rings. The number of benzene rings is 1. The Morgan fingerprint density at radius 3 is 2.67 bits per heavy atom. The Bertz CT molecular complexity index is 857. The summed E-state index contributed by atoms with van der Waals surface area (Å²) in [6.45, 7) is -1.31.